The van der Waals surface area contributed by atoms with Gasteiger partial charge in [0.15, 0.2) is 11.5 Å². The zero-order chi connectivity index (χ0) is 19.5. The van der Waals surface area contributed by atoms with Crippen LogP contribution >= 0.6 is 0 Å². The van der Waals surface area contributed by atoms with Crippen molar-refractivity contribution >= 4 is 10.9 Å². The van der Waals surface area contributed by atoms with E-state index in [0.29, 0.717) is 19.6 Å². The van der Waals surface area contributed by atoms with Crippen LogP contribution in [0.3, 0.4) is 0 Å². The lowest BCUT2D eigenvalue weighted by atomic mass is 10.1. The third kappa shape index (κ3) is 4.03. The van der Waals surface area contributed by atoms with Gasteiger partial charge in [-0.2, -0.15) is 0 Å². The van der Waals surface area contributed by atoms with Crippen molar-refractivity contribution in [2.24, 2.45) is 0 Å². The third-order valence-corrected chi connectivity index (χ3v) is 4.71. The number of fused-ring (bicyclic) bond motifs is 2. The van der Waals surface area contributed by atoms with Crippen molar-refractivity contribution in [3.63, 3.8) is 0 Å². The maximum absolute atomic E-state index is 9.96. The number of nitrogens with zero attached hydrogens (tertiary/aromatic N) is 2. The molecule has 2 heterocycles. The quantitative estimate of drug-likeness (QED) is 0.678. The number of ether oxygens (including phenoxy) is 3. The lowest BCUT2D eigenvalue weighted by Gasteiger charge is -2.24. The second-order valence-corrected chi connectivity index (χ2v) is 7.04. The van der Waals surface area contributed by atoms with Gasteiger partial charge in [0.2, 0.25) is 6.79 Å². The van der Waals surface area contributed by atoms with Crippen LogP contribution in [0.2, 0.25) is 0 Å². The summed E-state index contributed by atoms with van der Waals surface area (Å²) in [4.78, 5) is 6.97. The van der Waals surface area contributed by atoms with Gasteiger partial charge in [-0.25, -0.2) is 4.98 Å². The standard InChI is InChI=1S/C22H24N2O4/c1-15(25)11-24(12-16-6-9-19-21(10-16)28-14-27-19)13-18-8-7-17-4-3-5-20(26-2)22(17)23-18/h3-10,15,25H,11-14H2,1-2H3/t15-/m0/s1. The highest BCUT2D eigenvalue weighted by Crippen LogP contribution is 2.33. The summed E-state index contributed by atoms with van der Waals surface area (Å²) in [5.74, 6) is 2.30. The monoisotopic (exact) mass is 380 g/mol. The Morgan fingerprint density at radius 3 is 2.79 bits per heavy atom. The molecule has 0 spiro atoms. The van der Waals surface area contributed by atoms with E-state index >= 15 is 0 Å². The molecule has 0 amide bonds. The van der Waals surface area contributed by atoms with E-state index < -0.39 is 6.10 Å². The van der Waals surface area contributed by atoms with Crippen molar-refractivity contribution in [2.45, 2.75) is 26.1 Å². The summed E-state index contributed by atoms with van der Waals surface area (Å²) in [6.07, 6.45) is -0.441. The first-order valence-corrected chi connectivity index (χ1v) is 9.34. The zero-order valence-corrected chi connectivity index (χ0v) is 16.1. The summed E-state index contributed by atoms with van der Waals surface area (Å²) in [7, 11) is 1.66. The summed E-state index contributed by atoms with van der Waals surface area (Å²) in [5, 5.41) is 11.0. The molecule has 28 heavy (non-hydrogen) atoms. The van der Waals surface area contributed by atoms with Gasteiger partial charge in [-0.1, -0.05) is 24.3 Å². The molecule has 0 saturated heterocycles. The van der Waals surface area contributed by atoms with Crippen molar-refractivity contribution < 1.29 is 19.3 Å². The van der Waals surface area contributed by atoms with Gasteiger partial charge < -0.3 is 19.3 Å². The fourth-order valence-electron chi connectivity index (χ4n) is 3.50. The molecule has 6 nitrogen and oxygen atoms in total. The van der Waals surface area contributed by atoms with Crippen LogP contribution in [0, 0.1) is 0 Å². The number of benzene rings is 2. The number of aliphatic hydroxyl groups is 1. The highest BCUT2D eigenvalue weighted by Gasteiger charge is 2.16. The number of hydrogen-bond donors (Lipinski definition) is 1. The average Bonchev–Trinajstić information content (AvgIpc) is 3.14. The minimum absolute atomic E-state index is 0.263. The van der Waals surface area contributed by atoms with Gasteiger partial charge in [0.1, 0.15) is 11.3 Å². The van der Waals surface area contributed by atoms with Crippen LogP contribution < -0.4 is 14.2 Å². The maximum Gasteiger partial charge on any atom is 0.231 e. The minimum atomic E-state index is -0.441. The molecular formula is C22H24N2O4. The normalized spacial score (nSPS) is 13.9. The van der Waals surface area contributed by atoms with E-state index in [9.17, 15) is 5.11 Å². The summed E-state index contributed by atoms with van der Waals surface area (Å²) in [5.41, 5.74) is 2.88. The van der Waals surface area contributed by atoms with Crippen LogP contribution in [0.15, 0.2) is 48.5 Å². The average molecular weight is 380 g/mol. The van der Waals surface area contributed by atoms with E-state index in [4.69, 9.17) is 19.2 Å². The molecule has 1 atom stereocenters. The Balaban J connectivity index is 1.57. The summed E-state index contributed by atoms with van der Waals surface area (Å²) in [6, 6.07) is 15.9. The van der Waals surface area contributed by atoms with Gasteiger partial charge in [-0.05, 0) is 36.8 Å². The minimum Gasteiger partial charge on any atom is -0.494 e. The smallest absolute Gasteiger partial charge is 0.231 e. The second-order valence-electron chi connectivity index (χ2n) is 7.04. The molecule has 3 aromatic rings. The number of aliphatic hydroxyl groups excluding tert-OH is 1. The second kappa shape index (κ2) is 8.04. The number of rotatable bonds is 7. The Hall–Kier alpha value is -2.83. The van der Waals surface area contributed by atoms with Crippen LogP contribution in [0.5, 0.6) is 17.2 Å². The number of aromatic nitrogens is 1. The van der Waals surface area contributed by atoms with Gasteiger partial charge in [0.05, 0.1) is 18.9 Å². The Morgan fingerprint density at radius 2 is 1.96 bits per heavy atom. The first kappa shape index (κ1) is 18.5. The van der Waals surface area contributed by atoms with Crippen molar-refractivity contribution in [1.82, 2.24) is 9.88 Å². The SMILES string of the molecule is COc1cccc2ccc(CN(Cc3ccc4c(c3)OCO4)C[C@H](C)O)nc12. The molecule has 6 heteroatoms. The summed E-state index contributed by atoms with van der Waals surface area (Å²) < 4.78 is 16.3. The molecule has 146 valence electrons. The molecule has 0 unspecified atom stereocenters. The molecule has 0 aliphatic carbocycles. The molecule has 0 fully saturated rings. The van der Waals surface area contributed by atoms with E-state index in [1.165, 1.54) is 0 Å². The zero-order valence-electron chi connectivity index (χ0n) is 16.1. The maximum atomic E-state index is 9.96. The Kier molecular flexibility index (Phi) is 5.32. The fraction of sp³-hybridized carbons (Fsp3) is 0.318. The molecule has 1 aliphatic heterocycles. The van der Waals surface area contributed by atoms with Gasteiger partial charge in [0, 0.05) is 25.0 Å². The first-order valence-electron chi connectivity index (χ1n) is 9.34. The van der Waals surface area contributed by atoms with E-state index in [1.54, 1.807) is 14.0 Å². The van der Waals surface area contributed by atoms with Crippen molar-refractivity contribution in [2.75, 3.05) is 20.4 Å². The van der Waals surface area contributed by atoms with Crippen LogP contribution in [0.25, 0.3) is 10.9 Å². The molecule has 2 aromatic carbocycles. The van der Waals surface area contributed by atoms with E-state index in [1.807, 2.05) is 42.5 Å². The molecule has 1 N–H and O–H groups in total. The highest BCUT2D eigenvalue weighted by molar-refractivity contribution is 5.84. The largest absolute Gasteiger partial charge is 0.494 e. The van der Waals surface area contributed by atoms with Crippen LogP contribution in [-0.2, 0) is 13.1 Å². The lowest BCUT2D eigenvalue weighted by Crippen LogP contribution is -2.30. The predicted octanol–water partition coefficient (Wildman–Crippen LogP) is 3.36. The van der Waals surface area contributed by atoms with Gasteiger partial charge in [-0.15, -0.1) is 0 Å². The Labute approximate surface area is 164 Å². The first-order chi connectivity index (χ1) is 13.6. The number of para-hydroxylation sites is 1. The van der Waals surface area contributed by atoms with Crippen molar-refractivity contribution in [1.29, 1.82) is 0 Å². The van der Waals surface area contributed by atoms with Crippen LogP contribution in [0.1, 0.15) is 18.2 Å². The molecule has 0 radical (unpaired) electrons. The van der Waals surface area contributed by atoms with Crippen molar-refractivity contribution in [3.05, 3.63) is 59.8 Å². The topological polar surface area (TPSA) is 64.1 Å². The summed E-state index contributed by atoms with van der Waals surface area (Å²) in [6.45, 7) is 3.89. The molecule has 0 saturated carbocycles. The Bertz CT molecular complexity index is 974. The molecule has 1 aromatic heterocycles. The molecule has 4 rings (SSSR count). The Morgan fingerprint density at radius 1 is 1.11 bits per heavy atom. The van der Waals surface area contributed by atoms with Gasteiger partial charge in [-0.3, -0.25) is 4.90 Å². The molecule has 0 bridgehead atoms. The summed E-state index contributed by atoms with van der Waals surface area (Å²) >= 11 is 0. The van der Waals surface area contributed by atoms with E-state index in [0.717, 1.165) is 39.4 Å². The molecule has 1 aliphatic rings. The van der Waals surface area contributed by atoms with Crippen LogP contribution in [-0.4, -0.2) is 41.5 Å². The third-order valence-electron chi connectivity index (χ3n) is 4.71. The highest BCUT2D eigenvalue weighted by atomic mass is 16.7. The number of methoxy groups -OCH3 is 1. The molecular weight excluding hydrogens is 356 g/mol. The number of hydrogen-bond acceptors (Lipinski definition) is 6. The van der Waals surface area contributed by atoms with Gasteiger partial charge in [0.25, 0.3) is 0 Å². The van der Waals surface area contributed by atoms with Crippen LogP contribution in [0.4, 0.5) is 0 Å². The van der Waals surface area contributed by atoms with E-state index in [-0.39, 0.29) is 6.79 Å². The number of pyridine rings is 1. The lowest BCUT2D eigenvalue weighted by molar-refractivity contribution is 0.117. The van der Waals surface area contributed by atoms with Crippen molar-refractivity contribution in [3.8, 4) is 17.2 Å². The van der Waals surface area contributed by atoms with E-state index in [2.05, 4.69) is 11.0 Å². The fourth-order valence-corrected chi connectivity index (χ4v) is 3.50. The van der Waals surface area contributed by atoms with Gasteiger partial charge >= 0.3 is 0 Å². The predicted molar refractivity (Wildman–Crippen MR) is 107 cm³/mol.